The van der Waals surface area contributed by atoms with Gasteiger partial charge < -0.3 is 13.9 Å². The second-order valence-corrected chi connectivity index (χ2v) is 7.72. The highest BCUT2D eigenvalue weighted by Crippen LogP contribution is 2.32. The first-order valence-electron chi connectivity index (χ1n) is 8.90. The van der Waals surface area contributed by atoms with E-state index in [1.807, 2.05) is 38.7 Å². The Labute approximate surface area is 147 Å². The van der Waals surface area contributed by atoms with Gasteiger partial charge in [0.15, 0.2) is 5.82 Å². The summed E-state index contributed by atoms with van der Waals surface area (Å²) >= 11 is 0. The van der Waals surface area contributed by atoms with Gasteiger partial charge in [0.25, 0.3) is 0 Å². The van der Waals surface area contributed by atoms with E-state index in [-0.39, 0.29) is 17.4 Å². The standard InChI is InChI=1S/C18H26N4O3/c1-12-11-13(20-24-12)14-7-6-10-22(14)16(23)9-5-8-15-19-17(21-25-15)18(2,3)4/h11,14H,5-10H2,1-4H3/t14-/m1/s1. The molecule has 1 aliphatic heterocycles. The Morgan fingerprint density at radius 3 is 2.76 bits per heavy atom. The topological polar surface area (TPSA) is 85.3 Å². The number of nitrogens with zero attached hydrogens (tertiary/aromatic N) is 4. The zero-order chi connectivity index (χ0) is 18.0. The van der Waals surface area contributed by atoms with Gasteiger partial charge in [-0.2, -0.15) is 4.98 Å². The molecule has 0 aliphatic carbocycles. The van der Waals surface area contributed by atoms with Crippen molar-refractivity contribution in [3.05, 3.63) is 29.2 Å². The summed E-state index contributed by atoms with van der Waals surface area (Å²) in [7, 11) is 0. The van der Waals surface area contributed by atoms with Crippen molar-refractivity contribution in [2.75, 3.05) is 6.54 Å². The minimum absolute atomic E-state index is 0.0425. The molecule has 0 aromatic carbocycles. The van der Waals surface area contributed by atoms with Crippen LogP contribution in [0.1, 0.15) is 75.7 Å². The Hall–Kier alpha value is -2.18. The molecule has 7 heteroatoms. The Morgan fingerprint density at radius 2 is 2.12 bits per heavy atom. The molecule has 1 aliphatic rings. The second kappa shape index (κ2) is 6.98. The van der Waals surface area contributed by atoms with Crippen LogP contribution in [0.25, 0.3) is 0 Å². The summed E-state index contributed by atoms with van der Waals surface area (Å²) in [6.45, 7) is 8.79. The number of hydrogen-bond acceptors (Lipinski definition) is 6. The molecule has 1 amide bonds. The van der Waals surface area contributed by atoms with Gasteiger partial charge in [-0.15, -0.1) is 0 Å². The highest BCUT2D eigenvalue weighted by molar-refractivity contribution is 5.77. The number of hydrogen-bond donors (Lipinski definition) is 0. The number of rotatable bonds is 5. The molecule has 0 radical (unpaired) electrons. The molecule has 1 fully saturated rings. The molecule has 0 bridgehead atoms. The normalized spacial score (nSPS) is 18.1. The van der Waals surface area contributed by atoms with Crippen LogP contribution in [0.5, 0.6) is 0 Å². The maximum Gasteiger partial charge on any atom is 0.226 e. The highest BCUT2D eigenvalue weighted by Gasteiger charge is 2.31. The molecule has 25 heavy (non-hydrogen) atoms. The first-order valence-corrected chi connectivity index (χ1v) is 8.90. The summed E-state index contributed by atoms with van der Waals surface area (Å²) in [4.78, 5) is 18.9. The van der Waals surface area contributed by atoms with Crippen molar-refractivity contribution < 1.29 is 13.8 Å². The molecule has 0 unspecified atom stereocenters. The third-order valence-corrected chi connectivity index (χ3v) is 4.48. The molecule has 2 aromatic heterocycles. The molecule has 2 aromatic rings. The zero-order valence-corrected chi connectivity index (χ0v) is 15.4. The molecule has 1 saturated heterocycles. The van der Waals surface area contributed by atoms with Crippen molar-refractivity contribution >= 4 is 5.91 Å². The average Bonchev–Trinajstić information content (AvgIpc) is 3.25. The van der Waals surface area contributed by atoms with Crippen molar-refractivity contribution in [3.8, 4) is 0 Å². The van der Waals surface area contributed by atoms with Gasteiger partial charge in [-0.1, -0.05) is 31.1 Å². The van der Waals surface area contributed by atoms with Gasteiger partial charge in [0, 0.05) is 30.9 Å². The number of likely N-dealkylation sites (tertiary alicyclic amines) is 1. The van der Waals surface area contributed by atoms with Crippen molar-refractivity contribution in [2.24, 2.45) is 0 Å². The predicted molar refractivity (Wildman–Crippen MR) is 90.9 cm³/mol. The monoisotopic (exact) mass is 346 g/mol. The Bertz CT molecular complexity index is 729. The minimum Gasteiger partial charge on any atom is -0.361 e. The lowest BCUT2D eigenvalue weighted by Crippen LogP contribution is -2.30. The van der Waals surface area contributed by atoms with Gasteiger partial charge in [-0.05, 0) is 26.2 Å². The lowest BCUT2D eigenvalue weighted by Gasteiger charge is -2.22. The van der Waals surface area contributed by atoms with Gasteiger partial charge in [0.05, 0.1) is 6.04 Å². The molecular weight excluding hydrogens is 320 g/mol. The summed E-state index contributed by atoms with van der Waals surface area (Å²) in [5.74, 6) is 2.23. The van der Waals surface area contributed by atoms with Crippen LogP contribution in [0.4, 0.5) is 0 Å². The molecule has 7 nitrogen and oxygen atoms in total. The Balaban J connectivity index is 1.53. The van der Waals surface area contributed by atoms with E-state index < -0.39 is 0 Å². The van der Waals surface area contributed by atoms with Gasteiger partial charge in [0.2, 0.25) is 11.8 Å². The van der Waals surface area contributed by atoms with Crippen LogP contribution in [0.2, 0.25) is 0 Å². The van der Waals surface area contributed by atoms with Crippen LogP contribution in [0, 0.1) is 6.92 Å². The van der Waals surface area contributed by atoms with E-state index >= 15 is 0 Å². The fourth-order valence-corrected chi connectivity index (χ4v) is 3.11. The van der Waals surface area contributed by atoms with E-state index in [4.69, 9.17) is 9.05 Å². The van der Waals surface area contributed by atoms with E-state index in [0.29, 0.717) is 31.0 Å². The summed E-state index contributed by atoms with van der Waals surface area (Å²) < 4.78 is 10.4. The number of carbonyl (C=O) groups is 1. The van der Waals surface area contributed by atoms with Crippen molar-refractivity contribution in [2.45, 2.75) is 71.3 Å². The van der Waals surface area contributed by atoms with Gasteiger partial charge >= 0.3 is 0 Å². The third kappa shape index (κ3) is 4.08. The predicted octanol–water partition coefficient (Wildman–Crippen LogP) is 3.35. The van der Waals surface area contributed by atoms with Gasteiger partial charge in [-0.3, -0.25) is 4.79 Å². The van der Waals surface area contributed by atoms with Crippen LogP contribution in [-0.4, -0.2) is 32.6 Å². The molecule has 0 N–H and O–H groups in total. The van der Waals surface area contributed by atoms with E-state index in [2.05, 4.69) is 15.3 Å². The Kier molecular flexibility index (Phi) is 4.92. The largest absolute Gasteiger partial charge is 0.361 e. The summed E-state index contributed by atoms with van der Waals surface area (Å²) in [5, 5.41) is 8.10. The number of carbonyl (C=O) groups excluding carboxylic acids is 1. The summed E-state index contributed by atoms with van der Waals surface area (Å²) in [6.07, 6.45) is 3.74. The lowest BCUT2D eigenvalue weighted by molar-refractivity contribution is -0.132. The maximum atomic E-state index is 12.6. The smallest absolute Gasteiger partial charge is 0.226 e. The SMILES string of the molecule is Cc1cc([C@H]2CCCN2C(=O)CCCc2nc(C(C)(C)C)no2)no1. The third-order valence-electron chi connectivity index (χ3n) is 4.48. The second-order valence-electron chi connectivity index (χ2n) is 7.72. The van der Waals surface area contributed by atoms with E-state index in [9.17, 15) is 4.79 Å². The minimum atomic E-state index is -0.129. The number of aryl methyl sites for hydroxylation is 2. The first kappa shape index (κ1) is 17.6. The lowest BCUT2D eigenvalue weighted by atomic mass is 9.96. The fourth-order valence-electron chi connectivity index (χ4n) is 3.11. The van der Waals surface area contributed by atoms with Gasteiger partial charge in [-0.25, -0.2) is 0 Å². The van der Waals surface area contributed by atoms with E-state index in [0.717, 1.165) is 30.8 Å². The van der Waals surface area contributed by atoms with E-state index in [1.165, 1.54) is 0 Å². The van der Waals surface area contributed by atoms with Crippen molar-refractivity contribution in [1.29, 1.82) is 0 Å². The Morgan fingerprint density at radius 1 is 1.32 bits per heavy atom. The quantitative estimate of drug-likeness (QED) is 0.825. The molecular formula is C18H26N4O3. The highest BCUT2D eigenvalue weighted by atomic mass is 16.5. The van der Waals surface area contributed by atoms with Crippen LogP contribution >= 0.6 is 0 Å². The van der Waals surface area contributed by atoms with Crippen LogP contribution in [0.3, 0.4) is 0 Å². The van der Waals surface area contributed by atoms with Gasteiger partial charge in [0.1, 0.15) is 11.5 Å². The molecule has 0 saturated carbocycles. The van der Waals surface area contributed by atoms with Crippen LogP contribution in [-0.2, 0) is 16.6 Å². The van der Waals surface area contributed by atoms with Crippen molar-refractivity contribution in [1.82, 2.24) is 20.2 Å². The number of amides is 1. The maximum absolute atomic E-state index is 12.6. The van der Waals surface area contributed by atoms with Crippen molar-refractivity contribution in [3.63, 3.8) is 0 Å². The number of aromatic nitrogens is 3. The van der Waals surface area contributed by atoms with Crippen LogP contribution < -0.4 is 0 Å². The summed E-state index contributed by atoms with van der Waals surface area (Å²) in [5.41, 5.74) is 0.728. The molecule has 3 rings (SSSR count). The van der Waals surface area contributed by atoms with E-state index in [1.54, 1.807) is 0 Å². The molecule has 1 atom stereocenters. The average molecular weight is 346 g/mol. The zero-order valence-electron chi connectivity index (χ0n) is 15.4. The van der Waals surface area contributed by atoms with Crippen LogP contribution in [0.15, 0.2) is 15.1 Å². The first-order chi connectivity index (χ1) is 11.8. The molecule has 3 heterocycles. The summed E-state index contributed by atoms with van der Waals surface area (Å²) in [6, 6.07) is 1.96. The fraction of sp³-hybridized carbons (Fsp3) is 0.667. The molecule has 136 valence electrons. The molecule has 0 spiro atoms.